The minimum atomic E-state index is 0.121. The Morgan fingerprint density at radius 3 is 2.72 bits per heavy atom. The second-order valence-corrected chi connectivity index (χ2v) is 5.49. The lowest BCUT2D eigenvalue weighted by Crippen LogP contribution is -2.42. The van der Waals surface area contributed by atoms with Gasteiger partial charge in [-0.1, -0.05) is 24.1 Å². The molecule has 0 aromatic heterocycles. The SMILES string of the molecule is COc1ccc(CNCC2(CO)CCC2)cc1Cl. The summed E-state index contributed by atoms with van der Waals surface area (Å²) in [5, 5.41) is 13.4. The van der Waals surface area contributed by atoms with Crippen LogP contribution in [-0.4, -0.2) is 25.4 Å². The van der Waals surface area contributed by atoms with Crippen LogP contribution >= 0.6 is 11.6 Å². The van der Waals surface area contributed by atoms with Crippen LogP contribution < -0.4 is 10.1 Å². The van der Waals surface area contributed by atoms with Gasteiger partial charge >= 0.3 is 0 Å². The zero-order chi connectivity index (χ0) is 13.0. The van der Waals surface area contributed by atoms with Crippen molar-refractivity contribution >= 4 is 11.6 Å². The Morgan fingerprint density at radius 1 is 1.44 bits per heavy atom. The maximum absolute atomic E-state index is 9.37. The molecular weight excluding hydrogens is 250 g/mol. The molecule has 1 fully saturated rings. The van der Waals surface area contributed by atoms with Gasteiger partial charge in [0.05, 0.1) is 12.1 Å². The molecule has 100 valence electrons. The van der Waals surface area contributed by atoms with Gasteiger partial charge in [0.25, 0.3) is 0 Å². The van der Waals surface area contributed by atoms with E-state index < -0.39 is 0 Å². The average Bonchev–Trinajstić information content (AvgIpc) is 2.33. The van der Waals surface area contributed by atoms with Gasteiger partial charge in [0.2, 0.25) is 0 Å². The minimum Gasteiger partial charge on any atom is -0.495 e. The fraction of sp³-hybridized carbons (Fsp3) is 0.571. The van der Waals surface area contributed by atoms with E-state index in [1.165, 1.54) is 6.42 Å². The zero-order valence-corrected chi connectivity index (χ0v) is 11.5. The summed E-state index contributed by atoms with van der Waals surface area (Å²) in [6, 6.07) is 5.80. The van der Waals surface area contributed by atoms with E-state index in [1.807, 2.05) is 18.2 Å². The standard InChI is InChI=1S/C14H20ClNO2/c1-18-13-4-3-11(7-12(13)15)8-16-9-14(10-17)5-2-6-14/h3-4,7,16-17H,2,5-6,8-10H2,1H3. The highest BCUT2D eigenvalue weighted by Crippen LogP contribution is 2.39. The van der Waals surface area contributed by atoms with Gasteiger partial charge in [-0.2, -0.15) is 0 Å². The van der Waals surface area contributed by atoms with E-state index >= 15 is 0 Å². The molecule has 0 unspecified atom stereocenters. The van der Waals surface area contributed by atoms with Crippen molar-refractivity contribution in [3.8, 4) is 5.75 Å². The molecule has 1 aliphatic carbocycles. The summed E-state index contributed by atoms with van der Waals surface area (Å²) in [6.45, 7) is 1.92. The van der Waals surface area contributed by atoms with Crippen molar-refractivity contribution in [2.24, 2.45) is 5.41 Å². The Balaban J connectivity index is 1.85. The summed E-state index contributed by atoms with van der Waals surface area (Å²) in [6.07, 6.45) is 3.48. The predicted octanol–water partition coefficient (Wildman–Crippen LogP) is 2.60. The summed E-state index contributed by atoms with van der Waals surface area (Å²) in [5.41, 5.74) is 1.25. The van der Waals surface area contributed by atoms with Crippen molar-refractivity contribution in [1.82, 2.24) is 5.32 Å². The number of methoxy groups -OCH3 is 1. The van der Waals surface area contributed by atoms with E-state index in [0.717, 1.165) is 31.5 Å². The zero-order valence-electron chi connectivity index (χ0n) is 10.7. The Morgan fingerprint density at radius 2 is 2.22 bits per heavy atom. The van der Waals surface area contributed by atoms with Crippen LogP contribution in [0.15, 0.2) is 18.2 Å². The number of hydrogen-bond acceptors (Lipinski definition) is 3. The number of benzene rings is 1. The number of rotatable bonds is 6. The van der Waals surface area contributed by atoms with Gasteiger partial charge in [-0.25, -0.2) is 0 Å². The molecule has 0 heterocycles. The molecule has 0 amide bonds. The third-order valence-electron chi connectivity index (χ3n) is 3.79. The van der Waals surface area contributed by atoms with Gasteiger partial charge in [-0.3, -0.25) is 0 Å². The van der Waals surface area contributed by atoms with E-state index in [4.69, 9.17) is 16.3 Å². The van der Waals surface area contributed by atoms with E-state index in [2.05, 4.69) is 5.32 Å². The Kier molecular flexibility index (Phi) is 4.49. The van der Waals surface area contributed by atoms with Crippen molar-refractivity contribution in [3.63, 3.8) is 0 Å². The normalized spacial score (nSPS) is 17.3. The van der Waals surface area contributed by atoms with Crippen LogP contribution in [0, 0.1) is 5.41 Å². The summed E-state index contributed by atoms with van der Waals surface area (Å²) in [4.78, 5) is 0. The third kappa shape index (κ3) is 2.97. The summed E-state index contributed by atoms with van der Waals surface area (Å²) >= 11 is 6.07. The molecule has 0 aliphatic heterocycles. The maximum Gasteiger partial charge on any atom is 0.137 e. The van der Waals surface area contributed by atoms with Crippen molar-refractivity contribution in [3.05, 3.63) is 28.8 Å². The molecule has 4 heteroatoms. The fourth-order valence-electron chi connectivity index (χ4n) is 2.36. The van der Waals surface area contributed by atoms with E-state index in [1.54, 1.807) is 7.11 Å². The average molecular weight is 270 g/mol. The highest BCUT2D eigenvalue weighted by Gasteiger charge is 2.35. The lowest BCUT2D eigenvalue weighted by atomic mass is 9.69. The summed E-state index contributed by atoms with van der Waals surface area (Å²) < 4.78 is 5.12. The molecule has 0 saturated heterocycles. The highest BCUT2D eigenvalue weighted by molar-refractivity contribution is 6.32. The van der Waals surface area contributed by atoms with Gasteiger partial charge < -0.3 is 15.2 Å². The van der Waals surface area contributed by atoms with Crippen molar-refractivity contribution in [2.45, 2.75) is 25.8 Å². The van der Waals surface area contributed by atoms with Crippen LogP contribution in [0.2, 0.25) is 5.02 Å². The summed E-state index contributed by atoms with van der Waals surface area (Å²) in [7, 11) is 1.61. The molecule has 18 heavy (non-hydrogen) atoms. The van der Waals surface area contributed by atoms with E-state index in [0.29, 0.717) is 10.8 Å². The first-order valence-electron chi connectivity index (χ1n) is 6.33. The molecule has 1 saturated carbocycles. The monoisotopic (exact) mass is 269 g/mol. The fourth-order valence-corrected chi connectivity index (χ4v) is 2.64. The van der Waals surface area contributed by atoms with Crippen LogP contribution in [0.3, 0.4) is 0 Å². The number of aliphatic hydroxyl groups excluding tert-OH is 1. The lowest BCUT2D eigenvalue weighted by molar-refractivity contribution is 0.0445. The first kappa shape index (κ1) is 13.7. The van der Waals surface area contributed by atoms with Gasteiger partial charge in [0.1, 0.15) is 5.75 Å². The summed E-state index contributed by atoms with van der Waals surface area (Å²) in [5.74, 6) is 0.700. The minimum absolute atomic E-state index is 0.121. The van der Waals surface area contributed by atoms with Crippen LogP contribution in [0.4, 0.5) is 0 Å². The molecule has 0 bridgehead atoms. The van der Waals surface area contributed by atoms with Crippen molar-refractivity contribution in [1.29, 1.82) is 0 Å². The number of aliphatic hydroxyl groups is 1. The first-order valence-corrected chi connectivity index (χ1v) is 6.71. The van der Waals surface area contributed by atoms with Gasteiger partial charge in [-0.15, -0.1) is 0 Å². The molecule has 3 nitrogen and oxygen atoms in total. The van der Waals surface area contributed by atoms with Gasteiger partial charge in [0.15, 0.2) is 0 Å². The second-order valence-electron chi connectivity index (χ2n) is 5.08. The van der Waals surface area contributed by atoms with Crippen LogP contribution in [-0.2, 0) is 6.54 Å². The Bertz CT molecular complexity index is 399. The number of nitrogens with one attached hydrogen (secondary N) is 1. The van der Waals surface area contributed by atoms with Crippen LogP contribution in [0.1, 0.15) is 24.8 Å². The van der Waals surface area contributed by atoms with Gasteiger partial charge in [-0.05, 0) is 30.5 Å². The molecular formula is C14H20ClNO2. The number of ether oxygens (including phenoxy) is 1. The molecule has 0 radical (unpaired) electrons. The molecule has 0 atom stereocenters. The molecule has 2 rings (SSSR count). The second kappa shape index (κ2) is 5.91. The maximum atomic E-state index is 9.37. The van der Waals surface area contributed by atoms with Crippen molar-refractivity contribution < 1.29 is 9.84 Å². The Hall–Kier alpha value is -0.770. The van der Waals surface area contributed by atoms with Crippen molar-refractivity contribution in [2.75, 3.05) is 20.3 Å². The largest absolute Gasteiger partial charge is 0.495 e. The number of hydrogen-bond donors (Lipinski definition) is 2. The predicted molar refractivity (Wildman–Crippen MR) is 73.1 cm³/mol. The molecule has 1 aromatic carbocycles. The van der Waals surface area contributed by atoms with E-state index in [-0.39, 0.29) is 12.0 Å². The molecule has 1 aliphatic rings. The highest BCUT2D eigenvalue weighted by atomic mass is 35.5. The molecule has 2 N–H and O–H groups in total. The Labute approximate surface area is 113 Å². The molecule has 1 aromatic rings. The smallest absolute Gasteiger partial charge is 0.137 e. The van der Waals surface area contributed by atoms with Gasteiger partial charge in [0, 0.05) is 25.1 Å². The first-order chi connectivity index (χ1) is 8.69. The molecule has 0 spiro atoms. The lowest BCUT2D eigenvalue weighted by Gasteiger charge is -2.40. The van der Waals surface area contributed by atoms with Crippen LogP contribution in [0.5, 0.6) is 5.75 Å². The van der Waals surface area contributed by atoms with Crippen LogP contribution in [0.25, 0.3) is 0 Å². The number of halogens is 1. The van der Waals surface area contributed by atoms with E-state index in [9.17, 15) is 5.11 Å². The topological polar surface area (TPSA) is 41.5 Å². The quantitative estimate of drug-likeness (QED) is 0.834. The third-order valence-corrected chi connectivity index (χ3v) is 4.09.